The molecule has 4 rings (SSSR count). The Balaban J connectivity index is 1.68. The van der Waals surface area contributed by atoms with Crippen molar-refractivity contribution >= 4 is 28.8 Å². The number of hydrogen-bond acceptors (Lipinski definition) is 5. The van der Waals surface area contributed by atoms with Gasteiger partial charge in [0.2, 0.25) is 0 Å². The summed E-state index contributed by atoms with van der Waals surface area (Å²) in [4.78, 5) is 21.1. The Bertz CT molecular complexity index is 908. The standard InChI is InChI=1S/C15H13ClN6O/c1-20-13-2-4-17-7-10(13)3-5-22(20)15(23)12-6-14-18-8-11(16)9-21(14)19-12/h2,4,6-9H,3,5H2,1H3. The Kier molecular flexibility index (Phi) is 3.16. The van der Waals surface area contributed by atoms with Crippen molar-refractivity contribution in [1.82, 2.24) is 24.6 Å². The van der Waals surface area contributed by atoms with Crippen LogP contribution in [0.1, 0.15) is 16.1 Å². The lowest BCUT2D eigenvalue weighted by Crippen LogP contribution is -2.48. The predicted octanol–water partition coefficient (Wildman–Crippen LogP) is 1.83. The maximum Gasteiger partial charge on any atom is 0.292 e. The van der Waals surface area contributed by atoms with E-state index in [4.69, 9.17) is 11.6 Å². The van der Waals surface area contributed by atoms with Crippen LogP contribution in [0.4, 0.5) is 5.69 Å². The molecule has 0 atom stereocenters. The minimum atomic E-state index is -0.170. The van der Waals surface area contributed by atoms with Gasteiger partial charge < -0.3 is 0 Å². The fraction of sp³-hybridized carbons (Fsp3) is 0.200. The van der Waals surface area contributed by atoms with Crippen LogP contribution in [0.25, 0.3) is 5.65 Å². The van der Waals surface area contributed by atoms with Gasteiger partial charge in [0.25, 0.3) is 5.91 Å². The van der Waals surface area contributed by atoms with Crippen LogP contribution >= 0.6 is 11.6 Å². The van der Waals surface area contributed by atoms with Gasteiger partial charge in [-0.05, 0) is 18.1 Å². The first-order valence-electron chi connectivity index (χ1n) is 7.13. The fourth-order valence-corrected chi connectivity index (χ4v) is 2.90. The van der Waals surface area contributed by atoms with Crippen LogP contribution in [0.15, 0.2) is 36.9 Å². The van der Waals surface area contributed by atoms with Crippen molar-refractivity contribution in [3.05, 3.63) is 53.2 Å². The van der Waals surface area contributed by atoms with E-state index in [1.807, 2.05) is 24.3 Å². The second kappa shape index (κ2) is 5.20. The molecule has 0 aromatic carbocycles. The highest BCUT2D eigenvalue weighted by molar-refractivity contribution is 6.30. The number of rotatable bonds is 1. The summed E-state index contributed by atoms with van der Waals surface area (Å²) >= 11 is 5.90. The summed E-state index contributed by atoms with van der Waals surface area (Å²) < 4.78 is 1.51. The van der Waals surface area contributed by atoms with Gasteiger partial charge in [-0.25, -0.2) is 14.5 Å². The number of fused-ring (bicyclic) bond motifs is 2. The van der Waals surface area contributed by atoms with Crippen LogP contribution in [-0.4, -0.2) is 44.1 Å². The molecule has 1 aliphatic heterocycles. The third-order valence-corrected chi connectivity index (χ3v) is 4.11. The van der Waals surface area contributed by atoms with E-state index in [9.17, 15) is 4.79 Å². The molecule has 1 amide bonds. The molecule has 0 aliphatic carbocycles. The highest BCUT2D eigenvalue weighted by Gasteiger charge is 2.28. The lowest BCUT2D eigenvalue weighted by molar-refractivity contribution is 0.0732. The highest BCUT2D eigenvalue weighted by atomic mass is 35.5. The predicted molar refractivity (Wildman–Crippen MR) is 85.4 cm³/mol. The molecule has 0 unspecified atom stereocenters. The Morgan fingerprint density at radius 2 is 2.22 bits per heavy atom. The molecule has 8 heteroatoms. The first-order chi connectivity index (χ1) is 11.1. The molecular weight excluding hydrogens is 316 g/mol. The minimum absolute atomic E-state index is 0.170. The van der Waals surface area contributed by atoms with Gasteiger partial charge in [0.15, 0.2) is 11.3 Å². The van der Waals surface area contributed by atoms with Crippen molar-refractivity contribution < 1.29 is 4.79 Å². The van der Waals surface area contributed by atoms with Crippen molar-refractivity contribution in [3.63, 3.8) is 0 Å². The molecule has 1 aliphatic rings. The van der Waals surface area contributed by atoms with Crippen molar-refractivity contribution in [1.29, 1.82) is 0 Å². The monoisotopic (exact) mass is 328 g/mol. The lowest BCUT2D eigenvalue weighted by Gasteiger charge is -2.38. The molecule has 0 bridgehead atoms. The van der Waals surface area contributed by atoms with E-state index in [0.717, 1.165) is 17.7 Å². The van der Waals surface area contributed by atoms with E-state index in [0.29, 0.717) is 22.9 Å². The summed E-state index contributed by atoms with van der Waals surface area (Å²) in [5.74, 6) is -0.170. The SMILES string of the molecule is CN1c2ccncc2CCN1C(=O)c1cc2ncc(Cl)cn2n1. The van der Waals surface area contributed by atoms with Gasteiger partial charge in [-0.1, -0.05) is 11.6 Å². The Hall–Kier alpha value is -2.67. The molecule has 7 nitrogen and oxygen atoms in total. The van der Waals surface area contributed by atoms with Gasteiger partial charge >= 0.3 is 0 Å². The number of halogens is 1. The van der Waals surface area contributed by atoms with E-state index >= 15 is 0 Å². The fourth-order valence-electron chi connectivity index (χ4n) is 2.76. The topological polar surface area (TPSA) is 66.6 Å². The van der Waals surface area contributed by atoms with Crippen LogP contribution in [-0.2, 0) is 6.42 Å². The molecule has 0 saturated carbocycles. The number of nitrogens with zero attached hydrogens (tertiary/aromatic N) is 6. The molecule has 23 heavy (non-hydrogen) atoms. The summed E-state index contributed by atoms with van der Waals surface area (Å²) in [6.45, 7) is 0.579. The van der Waals surface area contributed by atoms with E-state index in [1.165, 1.54) is 10.7 Å². The highest BCUT2D eigenvalue weighted by Crippen LogP contribution is 2.26. The maximum atomic E-state index is 12.8. The third kappa shape index (κ3) is 2.29. The normalized spacial score (nSPS) is 14.2. The Labute approximate surface area is 137 Å². The molecule has 0 saturated heterocycles. The minimum Gasteiger partial charge on any atom is -0.285 e. The maximum absolute atomic E-state index is 12.8. The van der Waals surface area contributed by atoms with Crippen LogP contribution in [0.2, 0.25) is 5.02 Å². The van der Waals surface area contributed by atoms with Crippen molar-refractivity contribution in [3.8, 4) is 0 Å². The zero-order valence-corrected chi connectivity index (χ0v) is 13.1. The summed E-state index contributed by atoms with van der Waals surface area (Å²) in [5, 5.41) is 8.26. The smallest absolute Gasteiger partial charge is 0.285 e. The van der Waals surface area contributed by atoms with Crippen LogP contribution in [0.3, 0.4) is 0 Å². The van der Waals surface area contributed by atoms with E-state index < -0.39 is 0 Å². The average molecular weight is 329 g/mol. The van der Waals surface area contributed by atoms with Crippen LogP contribution < -0.4 is 5.01 Å². The van der Waals surface area contributed by atoms with Crippen molar-refractivity contribution in [2.75, 3.05) is 18.6 Å². The number of hydrazine groups is 1. The second-order valence-electron chi connectivity index (χ2n) is 5.31. The van der Waals surface area contributed by atoms with Crippen molar-refractivity contribution in [2.45, 2.75) is 6.42 Å². The molecule has 0 N–H and O–H groups in total. The number of pyridine rings is 1. The number of amides is 1. The van der Waals surface area contributed by atoms with Crippen LogP contribution in [0, 0.1) is 0 Å². The second-order valence-corrected chi connectivity index (χ2v) is 5.75. The van der Waals surface area contributed by atoms with Crippen LogP contribution in [0.5, 0.6) is 0 Å². The number of carbonyl (C=O) groups is 1. The average Bonchev–Trinajstić information content (AvgIpc) is 2.98. The molecule has 0 radical (unpaired) electrons. The van der Waals surface area contributed by atoms with E-state index in [2.05, 4.69) is 15.1 Å². The van der Waals surface area contributed by atoms with Gasteiger partial charge in [-0.15, -0.1) is 0 Å². The molecule has 4 heterocycles. The number of hydrogen-bond donors (Lipinski definition) is 0. The molecule has 3 aromatic heterocycles. The zero-order chi connectivity index (χ0) is 16.0. The third-order valence-electron chi connectivity index (χ3n) is 3.92. The molecule has 0 fully saturated rings. The summed E-state index contributed by atoms with van der Waals surface area (Å²) in [6, 6.07) is 3.56. The number of carbonyl (C=O) groups excluding carboxylic acids is 1. The van der Waals surface area contributed by atoms with E-state index in [1.54, 1.807) is 23.5 Å². The first-order valence-corrected chi connectivity index (χ1v) is 7.50. The van der Waals surface area contributed by atoms with Gasteiger partial charge in [-0.2, -0.15) is 5.10 Å². The molecule has 0 spiro atoms. The summed E-state index contributed by atoms with van der Waals surface area (Å²) in [5.41, 5.74) is 3.03. The zero-order valence-electron chi connectivity index (χ0n) is 12.3. The Morgan fingerprint density at radius 3 is 3.09 bits per heavy atom. The number of aromatic nitrogens is 4. The Morgan fingerprint density at radius 1 is 1.35 bits per heavy atom. The molecule has 116 valence electrons. The lowest BCUT2D eigenvalue weighted by atomic mass is 10.1. The summed E-state index contributed by atoms with van der Waals surface area (Å²) in [6.07, 6.45) is 7.48. The molecule has 3 aromatic rings. The largest absolute Gasteiger partial charge is 0.292 e. The molecular formula is C15H13ClN6O. The number of anilines is 1. The first kappa shape index (κ1) is 14.0. The van der Waals surface area contributed by atoms with Gasteiger partial charge in [0.1, 0.15) is 0 Å². The summed E-state index contributed by atoms with van der Waals surface area (Å²) in [7, 11) is 1.86. The van der Waals surface area contributed by atoms with Gasteiger partial charge in [0.05, 0.1) is 16.9 Å². The van der Waals surface area contributed by atoms with Gasteiger partial charge in [-0.3, -0.25) is 14.8 Å². The van der Waals surface area contributed by atoms with E-state index in [-0.39, 0.29) is 5.91 Å². The van der Waals surface area contributed by atoms with Crippen molar-refractivity contribution in [2.24, 2.45) is 0 Å². The quantitative estimate of drug-likeness (QED) is 0.682. The van der Waals surface area contributed by atoms with Gasteiger partial charge in [0, 0.05) is 38.2 Å².